The number of nitrogens with one attached hydrogen (secondary N) is 1. The molecule has 0 radical (unpaired) electrons. The molecular formula is C16H11Cl3F3N5O. The Hall–Kier alpha value is -2.23. The second-order valence-electron chi connectivity index (χ2n) is 5.72. The average molecular weight is 453 g/mol. The molecule has 0 aliphatic heterocycles. The largest absolute Gasteiger partial charge is 0.435 e. The lowest BCUT2D eigenvalue weighted by atomic mass is 10.2. The summed E-state index contributed by atoms with van der Waals surface area (Å²) < 4.78 is 40.0. The first kappa shape index (κ1) is 20.5. The van der Waals surface area contributed by atoms with Crippen molar-refractivity contribution in [3.8, 4) is 0 Å². The van der Waals surface area contributed by atoms with E-state index < -0.39 is 24.3 Å². The standard InChI is InChI=1S/C16H11Cl3F3N5O/c17-10-2-1-9(5-11(10)18)6-27-7-12(19)15(25-27)23-14(28)8-26-4-3-13(24-26)16(20,21)22/h1-5,7H,6,8H2,(H,23,25,28). The Morgan fingerprint density at radius 2 is 1.79 bits per heavy atom. The number of anilines is 1. The van der Waals surface area contributed by atoms with E-state index in [1.165, 1.54) is 10.9 Å². The van der Waals surface area contributed by atoms with Gasteiger partial charge in [-0.15, -0.1) is 0 Å². The summed E-state index contributed by atoms with van der Waals surface area (Å²) >= 11 is 17.9. The first-order valence-corrected chi connectivity index (χ1v) is 8.82. The number of carbonyl (C=O) groups is 1. The first-order valence-electron chi connectivity index (χ1n) is 7.69. The van der Waals surface area contributed by atoms with Gasteiger partial charge in [0.05, 0.1) is 16.6 Å². The van der Waals surface area contributed by atoms with Crippen molar-refractivity contribution in [2.24, 2.45) is 0 Å². The van der Waals surface area contributed by atoms with Gasteiger partial charge >= 0.3 is 6.18 Å². The Labute approximate surface area is 171 Å². The van der Waals surface area contributed by atoms with E-state index >= 15 is 0 Å². The van der Waals surface area contributed by atoms with Crippen LogP contribution in [0.1, 0.15) is 11.3 Å². The van der Waals surface area contributed by atoms with Gasteiger partial charge in [0, 0.05) is 12.4 Å². The molecule has 12 heteroatoms. The second kappa shape index (κ2) is 8.02. The van der Waals surface area contributed by atoms with Crippen LogP contribution in [-0.2, 0) is 24.1 Å². The number of halogens is 6. The van der Waals surface area contributed by atoms with Crippen LogP contribution in [0.3, 0.4) is 0 Å². The smallest absolute Gasteiger partial charge is 0.306 e. The fourth-order valence-electron chi connectivity index (χ4n) is 2.31. The van der Waals surface area contributed by atoms with Gasteiger partial charge in [0.15, 0.2) is 11.5 Å². The van der Waals surface area contributed by atoms with Gasteiger partial charge in [-0.3, -0.25) is 14.2 Å². The summed E-state index contributed by atoms with van der Waals surface area (Å²) in [6.07, 6.45) is -2.02. The molecule has 0 fully saturated rings. The minimum Gasteiger partial charge on any atom is -0.306 e. The Morgan fingerprint density at radius 1 is 1.04 bits per heavy atom. The Bertz CT molecular complexity index is 1020. The zero-order valence-electron chi connectivity index (χ0n) is 13.8. The molecule has 0 aliphatic carbocycles. The number of carbonyl (C=O) groups excluding carboxylic acids is 1. The van der Waals surface area contributed by atoms with Crippen LogP contribution in [0.4, 0.5) is 19.0 Å². The predicted molar refractivity (Wildman–Crippen MR) is 98.7 cm³/mol. The fraction of sp³-hybridized carbons (Fsp3) is 0.188. The number of hydrogen-bond acceptors (Lipinski definition) is 3. The van der Waals surface area contributed by atoms with Gasteiger partial charge in [-0.05, 0) is 23.8 Å². The van der Waals surface area contributed by atoms with Crippen molar-refractivity contribution >= 4 is 46.5 Å². The topological polar surface area (TPSA) is 64.7 Å². The van der Waals surface area contributed by atoms with Crippen LogP contribution < -0.4 is 5.32 Å². The van der Waals surface area contributed by atoms with Crippen LogP contribution in [0.25, 0.3) is 0 Å². The summed E-state index contributed by atoms with van der Waals surface area (Å²) in [6.45, 7) is -0.105. The molecule has 6 nitrogen and oxygen atoms in total. The maximum absolute atomic E-state index is 12.5. The van der Waals surface area contributed by atoms with Gasteiger partial charge in [-0.25, -0.2) is 0 Å². The highest BCUT2D eigenvalue weighted by molar-refractivity contribution is 6.42. The van der Waals surface area contributed by atoms with E-state index in [9.17, 15) is 18.0 Å². The lowest BCUT2D eigenvalue weighted by Gasteiger charge is -2.05. The monoisotopic (exact) mass is 451 g/mol. The zero-order chi connectivity index (χ0) is 20.5. The van der Waals surface area contributed by atoms with Gasteiger partial charge in [-0.2, -0.15) is 23.4 Å². The van der Waals surface area contributed by atoms with E-state index in [-0.39, 0.29) is 10.8 Å². The molecule has 0 bridgehead atoms. The number of nitrogens with zero attached hydrogens (tertiary/aromatic N) is 4. The highest BCUT2D eigenvalue weighted by Gasteiger charge is 2.33. The minimum atomic E-state index is -4.58. The lowest BCUT2D eigenvalue weighted by molar-refractivity contribution is -0.141. The highest BCUT2D eigenvalue weighted by atomic mass is 35.5. The normalized spacial score (nSPS) is 11.6. The molecule has 0 unspecified atom stereocenters. The van der Waals surface area contributed by atoms with E-state index in [0.29, 0.717) is 16.6 Å². The van der Waals surface area contributed by atoms with Crippen molar-refractivity contribution < 1.29 is 18.0 Å². The summed E-state index contributed by atoms with van der Waals surface area (Å²) in [6, 6.07) is 5.87. The van der Waals surface area contributed by atoms with E-state index in [1.807, 2.05) is 0 Å². The summed E-state index contributed by atoms with van der Waals surface area (Å²) in [4.78, 5) is 12.0. The maximum Gasteiger partial charge on any atom is 0.435 e. The van der Waals surface area contributed by atoms with Crippen LogP contribution in [0, 0.1) is 0 Å². The molecule has 1 N–H and O–H groups in total. The molecule has 2 aromatic heterocycles. The maximum atomic E-state index is 12.5. The zero-order valence-corrected chi connectivity index (χ0v) is 16.1. The summed E-state index contributed by atoms with van der Waals surface area (Å²) in [7, 11) is 0. The number of amides is 1. The highest BCUT2D eigenvalue weighted by Crippen LogP contribution is 2.27. The number of alkyl halides is 3. The summed E-state index contributed by atoms with van der Waals surface area (Å²) in [5.74, 6) is -0.548. The summed E-state index contributed by atoms with van der Waals surface area (Å²) in [5.41, 5.74) is -0.271. The molecule has 0 saturated carbocycles. The van der Waals surface area contributed by atoms with Crippen LogP contribution in [-0.4, -0.2) is 25.5 Å². The van der Waals surface area contributed by atoms with Crippen molar-refractivity contribution in [2.75, 3.05) is 5.32 Å². The average Bonchev–Trinajstić information content (AvgIpc) is 3.18. The van der Waals surface area contributed by atoms with Crippen molar-refractivity contribution in [2.45, 2.75) is 19.3 Å². The quantitative estimate of drug-likeness (QED) is 0.608. The molecule has 0 spiro atoms. The number of rotatable bonds is 5. The number of benzene rings is 1. The molecule has 148 valence electrons. The Kier molecular flexibility index (Phi) is 5.87. The molecule has 3 aromatic rings. The third kappa shape index (κ3) is 4.98. The van der Waals surface area contributed by atoms with Gasteiger partial charge in [0.1, 0.15) is 11.6 Å². The van der Waals surface area contributed by atoms with Crippen molar-refractivity contribution in [3.63, 3.8) is 0 Å². The molecule has 0 saturated heterocycles. The van der Waals surface area contributed by atoms with E-state index in [1.54, 1.807) is 18.2 Å². The van der Waals surface area contributed by atoms with Gasteiger partial charge < -0.3 is 5.32 Å². The van der Waals surface area contributed by atoms with Crippen LogP contribution in [0.5, 0.6) is 0 Å². The first-order chi connectivity index (χ1) is 13.1. The van der Waals surface area contributed by atoms with Gasteiger partial charge in [0.25, 0.3) is 0 Å². The Morgan fingerprint density at radius 3 is 2.43 bits per heavy atom. The van der Waals surface area contributed by atoms with E-state index in [2.05, 4.69) is 15.5 Å². The SMILES string of the molecule is O=C(Cn1ccc(C(F)(F)F)n1)Nc1nn(Cc2ccc(Cl)c(Cl)c2)cc1Cl. The van der Waals surface area contributed by atoms with E-state index in [4.69, 9.17) is 34.8 Å². The fourth-order valence-corrected chi connectivity index (χ4v) is 2.83. The molecule has 0 atom stereocenters. The molecule has 0 aliphatic rings. The summed E-state index contributed by atoms with van der Waals surface area (Å²) in [5, 5.41) is 10.9. The molecule has 2 heterocycles. The van der Waals surface area contributed by atoms with E-state index in [0.717, 1.165) is 22.5 Å². The molecule has 3 rings (SSSR count). The predicted octanol–water partition coefficient (Wildman–Crippen LogP) is 4.75. The Balaban J connectivity index is 1.65. The molecule has 1 aromatic carbocycles. The molecule has 28 heavy (non-hydrogen) atoms. The second-order valence-corrected chi connectivity index (χ2v) is 6.94. The van der Waals surface area contributed by atoms with Crippen molar-refractivity contribution in [1.82, 2.24) is 19.6 Å². The third-order valence-electron chi connectivity index (χ3n) is 3.54. The third-order valence-corrected chi connectivity index (χ3v) is 4.56. The number of aromatic nitrogens is 4. The molecule has 1 amide bonds. The molecular weight excluding hydrogens is 442 g/mol. The van der Waals surface area contributed by atoms with Crippen LogP contribution in [0.15, 0.2) is 36.7 Å². The van der Waals surface area contributed by atoms with Crippen LogP contribution >= 0.6 is 34.8 Å². The number of hydrogen-bond donors (Lipinski definition) is 1. The van der Waals surface area contributed by atoms with Crippen molar-refractivity contribution in [1.29, 1.82) is 0 Å². The van der Waals surface area contributed by atoms with Gasteiger partial charge in [0.2, 0.25) is 5.91 Å². The van der Waals surface area contributed by atoms with Gasteiger partial charge in [-0.1, -0.05) is 40.9 Å². The van der Waals surface area contributed by atoms with Crippen molar-refractivity contribution in [3.05, 3.63) is 63.0 Å². The van der Waals surface area contributed by atoms with Crippen LogP contribution in [0.2, 0.25) is 15.1 Å². The minimum absolute atomic E-state index is 0.0786. The lowest BCUT2D eigenvalue weighted by Crippen LogP contribution is -2.20.